The van der Waals surface area contributed by atoms with Crippen molar-refractivity contribution >= 4 is 32.6 Å². The number of hydrogen-bond donors (Lipinski definition) is 0. The van der Waals surface area contributed by atoms with Gasteiger partial charge in [-0.1, -0.05) is 12.1 Å². The molecular formula is C24H21N3O6S. The molecule has 4 aromatic rings. The third-order valence-electron chi connectivity index (χ3n) is 5.74. The third kappa shape index (κ3) is 4.08. The summed E-state index contributed by atoms with van der Waals surface area (Å²) in [6, 6.07) is 15.3. The lowest BCUT2D eigenvalue weighted by molar-refractivity contribution is 0.0456. The van der Waals surface area contributed by atoms with Crippen LogP contribution in [-0.4, -0.2) is 36.7 Å². The van der Waals surface area contributed by atoms with Crippen LogP contribution in [0.4, 0.5) is 5.69 Å². The van der Waals surface area contributed by atoms with E-state index in [1.165, 1.54) is 21.2 Å². The van der Waals surface area contributed by atoms with Crippen LogP contribution < -0.4 is 9.86 Å². The molecule has 34 heavy (non-hydrogen) atoms. The summed E-state index contributed by atoms with van der Waals surface area (Å²) in [5.74, 6) is 0.270. The molecule has 0 fully saturated rings. The van der Waals surface area contributed by atoms with E-state index in [-0.39, 0.29) is 24.5 Å². The van der Waals surface area contributed by atoms with Gasteiger partial charge in [-0.3, -0.25) is 13.7 Å². The van der Waals surface area contributed by atoms with Gasteiger partial charge in [0.2, 0.25) is 10.0 Å². The van der Waals surface area contributed by atoms with E-state index in [0.717, 1.165) is 11.8 Å². The molecule has 0 saturated heterocycles. The molecule has 10 heteroatoms. The minimum Gasteiger partial charge on any atom is -0.467 e. The highest BCUT2D eigenvalue weighted by Crippen LogP contribution is 2.31. The first kappa shape index (κ1) is 21.9. The molecule has 2 aromatic carbocycles. The lowest BCUT2D eigenvalue weighted by Gasteiger charge is -2.16. The van der Waals surface area contributed by atoms with Gasteiger partial charge in [0.1, 0.15) is 12.4 Å². The van der Waals surface area contributed by atoms with Crippen molar-refractivity contribution in [1.82, 2.24) is 9.55 Å². The van der Waals surface area contributed by atoms with Crippen molar-refractivity contribution in [2.75, 3.05) is 17.1 Å². The SMILES string of the molecule is CS(=O)(=O)N1CCc2cc(C(=O)OCc3nc4ccccc4c(=O)n3Cc3ccco3)ccc21. The molecule has 1 aliphatic heterocycles. The standard InChI is InChI=1S/C24H21N3O6S/c1-34(30,31)27-11-10-16-13-17(8-9-21(16)27)24(29)33-15-22-25-20-7-3-2-6-19(20)23(28)26(22)14-18-5-4-12-32-18/h2-9,12-13H,10-11,14-15H2,1H3. The van der Waals surface area contributed by atoms with Crippen LogP contribution in [0.5, 0.6) is 0 Å². The number of rotatable bonds is 6. The Labute approximate surface area is 195 Å². The molecule has 0 aliphatic carbocycles. The predicted molar refractivity (Wildman–Crippen MR) is 125 cm³/mol. The van der Waals surface area contributed by atoms with E-state index < -0.39 is 16.0 Å². The number of benzene rings is 2. The Balaban J connectivity index is 1.42. The summed E-state index contributed by atoms with van der Waals surface area (Å²) in [6.07, 6.45) is 3.19. The van der Waals surface area contributed by atoms with Crippen LogP contribution in [0.25, 0.3) is 10.9 Å². The summed E-state index contributed by atoms with van der Waals surface area (Å²) in [6.45, 7) is 0.273. The number of furan rings is 1. The molecule has 0 amide bonds. The smallest absolute Gasteiger partial charge is 0.338 e. The fraction of sp³-hybridized carbons (Fsp3) is 0.208. The number of fused-ring (bicyclic) bond motifs is 2. The molecule has 0 N–H and O–H groups in total. The Bertz CT molecular complexity index is 1560. The Morgan fingerprint density at radius 3 is 2.74 bits per heavy atom. The number of hydrogen-bond acceptors (Lipinski definition) is 7. The Kier molecular flexibility index (Phi) is 5.45. The summed E-state index contributed by atoms with van der Waals surface area (Å²) in [7, 11) is -3.37. The van der Waals surface area contributed by atoms with Gasteiger partial charge in [0.05, 0.1) is 41.2 Å². The van der Waals surface area contributed by atoms with Crippen LogP contribution in [0.15, 0.2) is 70.1 Å². The molecule has 2 aromatic heterocycles. The van der Waals surface area contributed by atoms with Crippen LogP contribution in [0.3, 0.4) is 0 Å². The van der Waals surface area contributed by atoms with Crippen molar-refractivity contribution < 1.29 is 22.4 Å². The maximum Gasteiger partial charge on any atom is 0.338 e. The van der Waals surface area contributed by atoms with Gasteiger partial charge in [0, 0.05) is 6.54 Å². The number of nitrogens with zero attached hydrogens (tertiary/aromatic N) is 3. The maximum atomic E-state index is 13.1. The number of carbonyl (C=O) groups excluding carboxylic acids is 1. The lowest BCUT2D eigenvalue weighted by Crippen LogP contribution is -2.27. The minimum atomic E-state index is -3.37. The van der Waals surface area contributed by atoms with E-state index in [4.69, 9.17) is 9.15 Å². The number of carbonyl (C=O) groups is 1. The molecule has 9 nitrogen and oxygen atoms in total. The molecular weight excluding hydrogens is 458 g/mol. The molecule has 174 valence electrons. The van der Waals surface area contributed by atoms with Crippen LogP contribution in [0, 0.1) is 0 Å². The second-order valence-corrected chi connectivity index (χ2v) is 9.93. The molecule has 0 radical (unpaired) electrons. The average molecular weight is 480 g/mol. The van der Waals surface area contributed by atoms with E-state index in [2.05, 4.69) is 4.98 Å². The number of para-hydroxylation sites is 1. The number of sulfonamides is 1. The fourth-order valence-corrected chi connectivity index (χ4v) is 5.06. The molecule has 0 atom stereocenters. The number of ether oxygens (including phenoxy) is 1. The summed E-state index contributed by atoms with van der Waals surface area (Å²) in [5, 5.41) is 0.457. The van der Waals surface area contributed by atoms with Gasteiger partial charge < -0.3 is 9.15 Å². The van der Waals surface area contributed by atoms with E-state index in [0.29, 0.717) is 40.9 Å². The summed E-state index contributed by atoms with van der Waals surface area (Å²) >= 11 is 0. The third-order valence-corrected chi connectivity index (χ3v) is 6.92. The van der Waals surface area contributed by atoms with Gasteiger partial charge in [-0.15, -0.1) is 0 Å². The normalized spacial score (nSPS) is 13.3. The first-order valence-corrected chi connectivity index (χ1v) is 12.4. The van der Waals surface area contributed by atoms with Crippen molar-refractivity contribution in [2.45, 2.75) is 19.6 Å². The van der Waals surface area contributed by atoms with Crippen molar-refractivity contribution in [2.24, 2.45) is 0 Å². The van der Waals surface area contributed by atoms with Gasteiger partial charge in [-0.25, -0.2) is 18.2 Å². The van der Waals surface area contributed by atoms with Crippen molar-refractivity contribution in [3.8, 4) is 0 Å². The minimum absolute atomic E-state index is 0.150. The predicted octanol–water partition coefficient (Wildman–Crippen LogP) is 2.72. The van der Waals surface area contributed by atoms with Gasteiger partial charge in [-0.05, 0) is 54.4 Å². The monoisotopic (exact) mass is 479 g/mol. The summed E-state index contributed by atoms with van der Waals surface area (Å²) in [5.41, 5.74) is 1.88. The van der Waals surface area contributed by atoms with E-state index in [9.17, 15) is 18.0 Å². The highest BCUT2D eigenvalue weighted by molar-refractivity contribution is 7.92. The second-order valence-electron chi connectivity index (χ2n) is 8.02. The molecule has 5 rings (SSSR count). The molecule has 1 aliphatic rings. The van der Waals surface area contributed by atoms with Crippen molar-refractivity contribution in [1.29, 1.82) is 0 Å². The summed E-state index contributed by atoms with van der Waals surface area (Å²) in [4.78, 5) is 30.4. The maximum absolute atomic E-state index is 13.1. The van der Waals surface area contributed by atoms with Gasteiger partial charge in [0.25, 0.3) is 5.56 Å². The highest BCUT2D eigenvalue weighted by atomic mass is 32.2. The zero-order valence-electron chi connectivity index (χ0n) is 18.3. The first-order valence-electron chi connectivity index (χ1n) is 10.6. The summed E-state index contributed by atoms with van der Waals surface area (Å²) < 4.78 is 37.5. The highest BCUT2D eigenvalue weighted by Gasteiger charge is 2.27. The van der Waals surface area contributed by atoms with Crippen molar-refractivity contribution in [3.63, 3.8) is 0 Å². The molecule has 0 bridgehead atoms. The zero-order valence-corrected chi connectivity index (χ0v) is 19.1. The molecule has 3 heterocycles. The second kappa shape index (κ2) is 8.45. The zero-order chi connectivity index (χ0) is 23.9. The van der Waals surface area contributed by atoms with E-state index in [1.54, 1.807) is 48.5 Å². The number of anilines is 1. The average Bonchev–Trinajstić information content (AvgIpc) is 3.48. The Morgan fingerprint density at radius 2 is 1.97 bits per heavy atom. The fourth-order valence-electron chi connectivity index (χ4n) is 4.10. The van der Waals surface area contributed by atoms with E-state index >= 15 is 0 Å². The quantitative estimate of drug-likeness (QED) is 0.391. The van der Waals surface area contributed by atoms with Crippen LogP contribution >= 0.6 is 0 Å². The van der Waals surface area contributed by atoms with Crippen LogP contribution in [0.1, 0.15) is 27.5 Å². The van der Waals surface area contributed by atoms with E-state index in [1.807, 2.05) is 0 Å². The number of esters is 1. The first-order chi connectivity index (χ1) is 16.3. The van der Waals surface area contributed by atoms with Crippen LogP contribution in [-0.2, 0) is 34.3 Å². The van der Waals surface area contributed by atoms with Crippen LogP contribution in [0.2, 0.25) is 0 Å². The number of aromatic nitrogens is 2. The van der Waals surface area contributed by atoms with Gasteiger partial charge in [-0.2, -0.15) is 0 Å². The van der Waals surface area contributed by atoms with Gasteiger partial charge >= 0.3 is 5.97 Å². The Hall–Kier alpha value is -3.92. The molecule has 0 unspecified atom stereocenters. The van der Waals surface area contributed by atoms with Gasteiger partial charge in [0.15, 0.2) is 5.82 Å². The molecule has 0 saturated carbocycles. The topological polar surface area (TPSA) is 112 Å². The van der Waals surface area contributed by atoms with Crippen molar-refractivity contribution in [3.05, 3.63) is 93.9 Å². The lowest BCUT2D eigenvalue weighted by atomic mass is 10.1. The molecule has 0 spiro atoms. The largest absolute Gasteiger partial charge is 0.467 e. The Morgan fingerprint density at radius 1 is 1.15 bits per heavy atom.